The molecule has 102 valence electrons. The first-order valence-corrected chi connectivity index (χ1v) is 5.93. The van der Waals surface area contributed by atoms with Crippen LogP contribution in [0.3, 0.4) is 0 Å². The number of aromatic nitrogens is 1. The summed E-state index contributed by atoms with van der Waals surface area (Å²) in [6.07, 6.45) is -0.480. The third kappa shape index (κ3) is 4.32. The van der Waals surface area contributed by atoms with E-state index in [1.165, 1.54) is 13.1 Å². The molecule has 0 spiro atoms. The van der Waals surface area contributed by atoms with E-state index in [4.69, 9.17) is 5.26 Å². The van der Waals surface area contributed by atoms with Crippen LogP contribution in [0.2, 0.25) is 0 Å². The molecule has 0 aliphatic rings. The van der Waals surface area contributed by atoms with Gasteiger partial charge in [-0.05, 0) is 25.0 Å². The van der Waals surface area contributed by atoms with E-state index in [1.54, 1.807) is 13.0 Å². The monoisotopic (exact) mass is 263 g/mol. The molecule has 1 aromatic rings. The van der Waals surface area contributed by atoms with Crippen molar-refractivity contribution < 1.29 is 15.0 Å². The Morgan fingerprint density at radius 1 is 1.58 bits per heavy atom. The molecule has 1 rings (SSSR count). The van der Waals surface area contributed by atoms with Crippen molar-refractivity contribution >= 4 is 5.91 Å². The number of aliphatic hydroxyl groups is 2. The first-order chi connectivity index (χ1) is 8.95. The molecule has 19 heavy (non-hydrogen) atoms. The van der Waals surface area contributed by atoms with Crippen molar-refractivity contribution in [2.24, 2.45) is 0 Å². The van der Waals surface area contributed by atoms with Gasteiger partial charge in [0, 0.05) is 25.2 Å². The maximum atomic E-state index is 10.7. The Hall–Kier alpha value is -1.97. The number of hydrogen-bond acceptors (Lipinski definition) is 5. The Morgan fingerprint density at radius 3 is 2.79 bits per heavy atom. The van der Waals surface area contributed by atoms with Gasteiger partial charge in [-0.25, -0.2) is 4.98 Å². The Balaban J connectivity index is 2.66. The van der Waals surface area contributed by atoms with E-state index in [2.05, 4.69) is 10.3 Å². The maximum absolute atomic E-state index is 10.7. The number of amides is 1. The summed E-state index contributed by atoms with van der Waals surface area (Å²) < 4.78 is 0. The lowest BCUT2D eigenvalue weighted by atomic mass is 10.0. The first kappa shape index (κ1) is 15.1. The Morgan fingerprint density at radius 2 is 2.26 bits per heavy atom. The topological polar surface area (TPSA) is 106 Å². The molecule has 3 N–H and O–H groups in total. The van der Waals surface area contributed by atoms with E-state index < -0.39 is 12.2 Å². The summed E-state index contributed by atoms with van der Waals surface area (Å²) >= 11 is 0. The molecule has 0 saturated carbocycles. The van der Waals surface area contributed by atoms with E-state index in [0.717, 1.165) is 0 Å². The van der Waals surface area contributed by atoms with Crippen molar-refractivity contribution in [3.8, 4) is 6.07 Å². The number of hydrogen-bond donors (Lipinski definition) is 3. The van der Waals surface area contributed by atoms with Crippen molar-refractivity contribution in [1.82, 2.24) is 10.3 Å². The van der Waals surface area contributed by atoms with Gasteiger partial charge >= 0.3 is 0 Å². The Bertz CT molecular complexity index is 496. The summed E-state index contributed by atoms with van der Waals surface area (Å²) in [6.45, 7) is 3.39. The SMILES string of the molecule is CC(=O)NCCC(O)C(O)c1cnc(C#N)c(C)c1. The number of aliphatic hydroxyl groups excluding tert-OH is 2. The highest BCUT2D eigenvalue weighted by atomic mass is 16.3. The molecule has 0 radical (unpaired) electrons. The van der Waals surface area contributed by atoms with Crippen molar-refractivity contribution in [3.05, 3.63) is 29.1 Å². The van der Waals surface area contributed by atoms with Crippen LogP contribution in [-0.2, 0) is 4.79 Å². The van der Waals surface area contributed by atoms with E-state index in [0.29, 0.717) is 16.8 Å². The normalized spacial score (nSPS) is 13.4. The molecule has 0 aliphatic heterocycles. The molecule has 2 unspecified atom stereocenters. The van der Waals surface area contributed by atoms with Crippen LogP contribution < -0.4 is 5.32 Å². The number of aryl methyl sites for hydroxylation is 1. The first-order valence-electron chi connectivity index (χ1n) is 5.93. The molecule has 6 heteroatoms. The van der Waals surface area contributed by atoms with Crippen molar-refractivity contribution in [3.63, 3.8) is 0 Å². The van der Waals surface area contributed by atoms with Crippen molar-refractivity contribution in [2.75, 3.05) is 6.54 Å². The lowest BCUT2D eigenvalue weighted by Gasteiger charge is -2.18. The van der Waals surface area contributed by atoms with Gasteiger partial charge in [-0.2, -0.15) is 5.26 Å². The van der Waals surface area contributed by atoms with Gasteiger partial charge in [0.1, 0.15) is 17.9 Å². The minimum atomic E-state index is -1.09. The number of nitrogens with zero attached hydrogens (tertiary/aromatic N) is 2. The number of pyridine rings is 1. The highest BCUT2D eigenvalue weighted by Crippen LogP contribution is 2.19. The lowest BCUT2D eigenvalue weighted by molar-refractivity contribution is -0.119. The Labute approximate surface area is 111 Å². The van der Waals surface area contributed by atoms with E-state index in [9.17, 15) is 15.0 Å². The average molecular weight is 263 g/mol. The molecule has 0 bridgehead atoms. The van der Waals surface area contributed by atoms with Gasteiger partial charge in [0.05, 0.1) is 6.10 Å². The quantitative estimate of drug-likeness (QED) is 0.702. The predicted molar refractivity (Wildman–Crippen MR) is 68.0 cm³/mol. The van der Waals surface area contributed by atoms with Gasteiger partial charge in [0.2, 0.25) is 5.91 Å². The van der Waals surface area contributed by atoms with E-state index in [1.807, 2.05) is 6.07 Å². The van der Waals surface area contributed by atoms with Crippen LogP contribution in [0.4, 0.5) is 0 Å². The molecule has 1 amide bonds. The highest BCUT2D eigenvalue weighted by molar-refractivity contribution is 5.72. The second kappa shape index (κ2) is 6.83. The minimum Gasteiger partial charge on any atom is -0.390 e. The van der Waals surface area contributed by atoms with E-state index >= 15 is 0 Å². The van der Waals surface area contributed by atoms with Crippen LogP contribution in [0.5, 0.6) is 0 Å². The zero-order chi connectivity index (χ0) is 14.4. The molecule has 0 saturated heterocycles. The number of carbonyl (C=O) groups excluding carboxylic acids is 1. The number of rotatable bonds is 5. The van der Waals surface area contributed by atoms with Gasteiger partial charge in [-0.15, -0.1) is 0 Å². The van der Waals surface area contributed by atoms with Crippen molar-refractivity contribution in [1.29, 1.82) is 5.26 Å². The van der Waals surface area contributed by atoms with Gasteiger partial charge in [-0.1, -0.05) is 0 Å². The number of nitrogens with one attached hydrogen (secondary N) is 1. The molecule has 0 fully saturated rings. The molecular formula is C13H17N3O3. The van der Waals surface area contributed by atoms with Gasteiger partial charge < -0.3 is 15.5 Å². The van der Waals surface area contributed by atoms with Gasteiger partial charge in [-0.3, -0.25) is 4.79 Å². The van der Waals surface area contributed by atoms with E-state index in [-0.39, 0.29) is 18.9 Å². The summed E-state index contributed by atoms with van der Waals surface area (Å²) in [5.74, 6) is -0.183. The molecule has 0 aliphatic carbocycles. The second-order valence-corrected chi connectivity index (χ2v) is 4.33. The fourth-order valence-corrected chi connectivity index (χ4v) is 1.65. The second-order valence-electron chi connectivity index (χ2n) is 4.33. The molecule has 1 heterocycles. The zero-order valence-electron chi connectivity index (χ0n) is 10.9. The third-order valence-corrected chi connectivity index (χ3v) is 2.73. The summed E-state index contributed by atoms with van der Waals surface area (Å²) in [4.78, 5) is 14.6. The molecule has 0 aromatic carbocycles. The summed E-state index contributed by atoms with van der Waals surface area (Å²) in [6, 6.07) is 3.56. The standard InChI is InChI=1S/C13H17N3O3/c1-8-5-10(7-16-11(8)6-14)13(19)12(18)3-4-15-9(2)17/h5,7,12-13,18-19H,3-4H2,1-2H3,(H,15,17). The molecule has 2 atom stereocenters. The minimum absolute atomic E-state index is 0.183. The average Bonchev–Trinajstić information content (AvgIpc) is 2.37. The largest absolute Gasteiger partial charge is 0.390 e. The fourth-order valence-electron chi connectivity index (χ4n) is 1.65. The van der Waals surface area contributed by atoms with Crippen LogP contribution >= 0.6 is 0 Å². The third-order valence-electron chi connectivity index (χ3n) is 2.73. The highest BCUT2D eigenvalue weighted by Gasteiger charge is 2.19. The zero-order valence-corrected chi connectivity index (χ0v) is 10.9. The smallest absolute Gasteiger partial charge is 0.216 e. The van der Waals surface area contributed by atoms with Crippen molar-refractivity contribution in [2.45, 2.75) is 32.5 Å². The molecule has 6 nitrogen and oxygen atoms in total. The van der Waals surface area contributed by atoms with Crippen LogP contribution in [0, 0.1) is 18.3 Å². The van der Waals surface area contributed by atoms with Gasteiger partial charge in [0.15, 0.2) is 0 Å². The predicted octanol–water partition coefficient (Wildman–Crippen LogP) is 0.182. The van der Waals surface area contributed by atoms with Crippen LogP contribution in [0.1, 0.15) is 36.3 Å². The molecule has 1 aromatic heterocycles. The van der Waals surface area contributed by atoms with Gasteiger partial charge in [0.25, 0.3) is 0 Å². The van der Waals surface area contributed by atoms with Crippen LogP contribution in [0.15, 0.2) is 12.3 Å². The fraction of sp³-hybridized carbons (Fsp3) is 0.462. The summed E-state index contributed by atoms with van der Waals surface area (Å²) in [5, 5.41) is 31.1. The Kier molecular flexibility index (Phi) is 5.42. The van der Waals surface area contributed by atoms with Crippen LogP contribution in [-0.4, -0.2) is 33.8 Å². The summed E-state index contributed by atoms with van der Waals surface area (Å²) in [5.41, 5.74) is 1.39. The number of nitriles is 1. The lowest BCUT2D eigenvalue weighted by Crippen LogP contribution is -2.27. The molecular weight excluding hydrogens is 246 g/mol. The number of carbonyl (C=O) groups is 1. The summed E-state index contributed by atoms with van der Waals surface area (Å²) in [7, 11) is 0. The maximum Gasteiger partial charge on any atom is 0.216 e. The van der Waals surface area contributed by atoms with Crippen LogP contribution in [0.25, 0.3) is 0 Å².